The molecule has 1 heterocycles. The smallest absolute Gasteiger partial charge is 0.257 e. The highest BCUT2D eigenvalue weighted by Gasteiger charge is 2.09. The monoisotopic (exact) mass is 287 g/mol. The third-order valence-corrected chi connectivity index (χ3v) is 3.11. The Morgan fingerprint density at radius 1 is 1.30 bits per heavy atom. The molecule has 0 saturated heterocycles. The predicted molar refractivity (Wildman–Crippen MR) is 80.0 cm³/mol. The van der Waals surface area contributed by atoms with Crippen LogP contribution in [-0.4, -0.2) is 16.8 Å². The van der Waals surface area contributed by atoms with Crippen LogP contribution < -0.4 is 10.6 Å². The minimum atomic E-state index is -0.275. The fourth-order valence-corrected chi connectivity index (χ4v) is 1.95. The number of carbonyl (C=O) groups is 2. The third-order valence-electron chi connectivity index (χ3n) is 2.42. The van der Waals surface area contributed by atoms with Crippen molar-refractivity contribution in [1.29, 1.82) is 0 Å². The average molecular weight is 287 g/mol. The summed E-state index contributed by atoms with van der Waals surface area (Å²) in [5.74, 6) is -0.547. The number of anilines is 2. The molecule has 0 bridgehead atoms. The number of hydrogen-bond donors (Lipinski definition) is 2. The fraction of sp³-hybridized carbons (Fsp3) is 0.0714. The molecule has 2 rings (SSSR count). The SMILES string of the molecule is C=C(C)C(=O)Nc1cccc(C(=O)Nc2nccs2)c1. The van der Waals surface area contributed by atoms with Gasteiger partial charge in [0.15, 0.2) is 5.13 Å². The molecule has 0 aliphatic heterocycles. The van der Waals surface area contributed by atoms with Gasteiger partial charge >= 0.3 is 0 Å². The molecule has 20 heavy (non-hydrogen) atoms. The Kier molecular flexibility index (Phi) is 4.27. The van der Waals surface area contributed by atoms with Gasteiger partial charge in [0.25, 0.3) is 11.8 Å². The van der Waals surface area contributed by atoms with E-state index in [1.807, 2.05) is 0 Å². The highest BCUT2D eigenvalue weighted by molar-refractivity contribution is 7.13. The molecular weight excluding hydrogens is 274 g/mol. The first-order valence-corrected chi connectivity index (χ1v) is 6.72. The second kappa shape index (κ2) is 6.12. The van der Waals surface area contributed by atoms with E-state index < -0.39 is 0 Å². The van der Waals surface area contributed by atoms with Gasteiger partial charge in [-0.2, -0.15) is 0 Å². The maximum atomic E-state index is 12.0. The van der Waals surface area contributed by atoms with E-state index in [1.54, 1.807) is 42.8 Å². The topological polar surface area (TPSA) is 71.1 Å². The summed E-state index contributed by atoms with van der Waals surface area (Å²) in [5, 5.41) is 7.65. The number of carbonyl (C=O) groups excluding carboxylic acids is 2. The van der Waals surface area contributed by atoms with Crippen molar-refractivity contribution in [3.63, 3.8) is 0 Å². The van der Waals surface area contributed by atoms with Gasteiger partial charge in [-0.3, -0.25) is 14.9 Å². The lowest BCUT2D eigenvalue weighted by molar-refractivity contribution is -0.112. The van der Waals surface area contributed by atoms with E-state index in [2.05, 4.69) is 22.2 Å². The molecule has 102 valence electrons. The van der Waals surface area contributed by atoms with Gasteiger partial charge in [-0.25, -0.2) is 4.98 Å². The second-order valence-electron chi connectivity index (χ2n) is 4.11. The number of rotatable bonds is 4. The molecule has 0 radical (unpaired) electrons. The van der Waals surface area contributed by atoms with Gasteiger partial charge in [0.1, 0.15) is 0 Å². The van der Waals surface area contributed by atoms with Crippen molar-refractivity contribution in [2.24, 2.45) is 0 Å². The zero-order valence-electron chi connectivity index (χ0n) is 10.8. The number of nitrogens with one attached hydrogen (secondary N) is 2. The highest BCUT2D eigenvalue weighted by atomic mass is 32.1. The molecule has 2 aromatic rings. The van der Waals surface area contributed by atoms with E-state index in [-0.39, 0.29) is 11.8 Å². The molecule has 5 nitrogen and oxygen atoms in total. The van der Waals surface area contributed by atoms with Gasteiger partial charge in [0.05, 0.1) is 0 Å². The van der Waals surface area contributed by atoms with Crippen LogP contribution in [0, 0.1) is 0 Å². The number of hydrogen-bond acceptors (Lipinski definition) is 4. The van der Waals surface area contributed by atoms with Crippen molar-refractivity contribution in [3.05, 3.63) is 53.6 Å². The van der Waals surface area contributed by atoms with Gasteiger partial charge in [0, 0.05) is 28.4 Å². The molecule has 2 N–H and O–H groups in total. The molecular formula is C14H13N3O2S. The molecule has 0 fully saturated rings. The number of aromatic nitrogens is 1. The van der Waals surface area contributed by atoms with Crippen LogP contribution in [-0.2, 0) is 4.79 Å². The standard InChI is InChI=1S/C14H13N3O2S/c1-9(2)12(18)16-11-5-3-4-10(8-11)13(19)17-14-15-6-7-20-14/h3-8H,1H2,2H3,(H,16,18)(H,15,17,19). The Hall–Kier alpha value is -2.47. The summed E-state index contributed by atoms with van der Waals surface area (Å²) in [7, 11) is 0. The van der Waals surface area contributed by atoms with E-state index >= 15 is 0 Å². The van der Waals surface area contributed by atoms with E-state index in [9.17, 15) is 9.59 Å². The summed E-state index contributed by atoms with van der Waals surface area (Å²) >= 11 is 1.34. The normalized spacial score (nSPS) is 9.85. The number of thiazole rings is 1. The molecule has 2 amide bonds. The van der Waals surface area contributed by atoms with E-state index in [1.165, 1.54) is 11.3 Å². The van der Waals surface area contributed by atoms with Crippen molar-refractivity contribution in [2.75, 3.05) is 10.6 Å². The van der Waals surface area contributed by atoms with Crippen LogP contribution in [0.2, 0.25) is 0 Å². The van der Waals surface area contributed by atoms with Crippen LogP contribution in [0.5, 0.6) is 0 Å². The summed E-state index contributed by atoms with van der Waals surface area (Å²) in [4.78, 5) is 27.5. The van der Waals surface area contributed by atoms with Crippen LogP contribution in [0.3, 0.4) is 0 Å². The minimum Gasteiger partial charge on any atom is -0.322 e. The van der Waals surface area contributed by atoms with E-state index in [0.29, 0.717) is 22.0 Å². The fourth-order valence-electron chi connectivity index (χ4n) is 1.43. The Labute approximate surface area is 120 Å². The van der Waals surface area contributed by atoms with Gasteiger partial charge < -0.3 is 5.32 Å². The van der Waals surface area contributed by atoms with Gasteiger partial charge in [-0.15, -0.1) is 11.3 Å². The Morgan fingerprint density at radius 3 is 2.75 bits per heavy atom. The predicted octanol–water partition coefficient (Wildman–Crippen LogP) is 2.91. The maximum Gasteiger partial charge on any atom is 0.257 e. The number of amides is 2. The minimum absolute atomic E-state index is 0.272. The van der Waals surface area contributed by atoms with Gasteiger partial charge in [0.2, 0.25) is 0 Å². The number of nitrogens with zero attached hydrogens (tertiary/aromatic N) is 1. The Balaban J connectivity index is 2.11. The third kappa shape index (κ3) is 3.52. The molecule has 0 aliphatic carbocycles. The largest absolute Gasteiger partial charge is 0.322 e. The molecule has 0 unspecified atom stereocenters. The first kappa shape index (κ1) is 14.0. The maximum absolute atomic E-state index is 12.0. The quantitative estimate of drug-likeness (QED) is 0.849. The average Bonchev–Trinajstić information content (AvgIpc) is 2.91. The van der Waals surface area contributed by atoms with Crippen molar-refractivity contribution in [1.82, 2.24) is 4.98 Å². The van der Waals surface area contributed by atoms with Gasteiger partial charge in [-0.1, -0.05) is 12.6 Å². The summed E-state index contributed by atoms with van der Waals surface area (Å²) in [5.41, 5.74) is 1.40. The van der Waals surface area contributed by atoms with Crippen LogP contribution in [0.25, 0.3) is 0 Å². The first-order valence-electron chi connectivity index (χ1n) is 5.84. The molecule has 1 aromatic heterocycles. The number of benzene rings is 1. The lowest BCUT2D eigenvalue weighted by Gasteiger charge is -2.07. The first-order chi connectivity index (χ1) is 9.56. The van der Waals surface area contributed by atoms with Crippen LogP contribution in [0.1, 0.15) is 17.3 Å². The zero-order chi connectivity index (χ0) is 14.5. The molecule has 0 atom stereocenters. The van der Waals surface area contributed by atoms with E-state index in [0.717, 1.165) is 0 Å². The van der Waals surface area contributed by atoms with Crippen LogP contribution >= 0.6 is 11.3 Å². The summed E-state index contributed by atoms with van der Waals surface area (Å²) in [6.45, 7) is 5.18. The highest BCUT2D eigenvalue weighted by Crippen LogP contribution is 2.15. The summed E-state index contributed by atoms with van der Waals surface area (Å²) in [6.07, 6.45) is 1.61. The van der Waals surface area contributed by atoms with Crippen molar-refractivity contribution in [2.45, 2.75) is 6.92 Å². The lowest BCUT2D eigenvalue weighted by Crippen LogP contribution is -2.14. The second-order valence-corrected chi connectivity index (χ2v) is 5.00. The van der Waals surface area contributed by atoms with Crippen LogP contribution in [0.15, 0.2) is 48.0 Å². The van der Waals surface area contributed by atoms with Crippen molar-refractivity contribution in [3.8, 4) is 0 Å². The Bertz CT molecular complexity index is 650. The molecule has 0 saturated carbocycles. The molecule has 1 aromatic carbocycles. The van der Waals surface area contributed by atoms with Crippen LogP contribution in [0.4, 0.5) is 10.8 Å². The summed E-state index contributed by atoms with van der Waals surface area (Å²) < 4.78 is 0. The molecule has 0 aliphatic rings. The molecule has 6 heteroatoms. The zero-order valence-corrected chi connectivity index (χ0v) is 11.7. The van der Waals surface area contributed by atoms with E-state index in [4.69, 9.17) is 0 Å². The van der Waals surface area contributed by atoms with Crippen molar-refractivity contribution < 1.29 is 9.59 Å². The lowest BCUT2D eigenvalue weighted by atomic mass is 10.2. The van der Waals surface area contributed by atoms with Gasteiger partial charge in [-0.05, 0) is 25.1 Å². The Morgan fingerprint density at radius 2 is 2.10 bits per heavy atom. The van der Waals surface area contributed by atoms with Crippen molar-refractivity contribution >= 4 is 34.0 Å². The molecule has 0 spiro atoms. The summed E-state index contributed by atoms with van der Waals surface area (Å²) in [6, 6.07) is 6.68.